The molecule has 1 aliphatic rings. The first kappa shape index (κ1) is 26.2. The maximum absolute atomic E-state index is 13.4. The van der Waals surface area contributed by atoms with Gasteiger partial charge in [0.1, 0.15) is 6.04 Å². The highest BCUT2D eigenvalue weighted by Gasteiger charge is 2.34. The van der Waals surface area contributed by atoms with E-state index < -0.39 is 0 Å². The molecule has 3 rings (SSSR count). The van der Waals surface area contributed by atoms with Gasteiger partial charge in [0.05, 0.1) is 6.54 Å². The van der Waals surface area contributed by atoms with Gasteiger partial charge in [-0.05, 0) is 62.8 Å². The van der Waals surface area contributed by atoms with E-state index in [4.69, 9.17) is 16.1 Å². The highest BCUT2D eigenvalue weighted by Crippen LogP contribution is 2.31. The highest BCUT2D eigenvalue weighted by molar-refractivity contribution is 6.30. The van der Waals surface area contributed by atoms with Crippen molar-refractivity contribution in [2.45, 2.75) is 78.2 Å². The first-order chi connectivity index (χ1) is 16.5. The molecule has 0 bridgehead atoms. The van der Waals surface area contributed by atoms with Gasteiger partial charge in [-0.2, -0.15) is 4.98 Å². The van der Waals surface area contributed by atoms with Gasteiger partial charge in [0, 0.05) is 29.6 Å². The molecule has 1 aromatic heterocycles. The standard InChI is InChI=1S/C26H37ClN4O3/c1-4-7-10-19(6-3)26(33)30(16-5-2)18-23(32)31-17-9-8-11-22(31)25-28-24(29-34-25)20-12-14-21(27)15-13-20/h12-15,19,22H,4-11,16-18H2,1-3H3. The van der Waals surface area contributed by atoms with Crippen molar-refractivity contribution in [2.75, 3.05) is 19.6 Å². The maximum Gasteiger partial charge on any atom is 0.249 e. The topological polar surface area (TPSA) is 79.5 Å². The molecule has 186 valence electrons. The Morgan fingerprint density at radius 1 is 1.18 bits per heavy atom. The number of amides is 2. The quantitative estimate of drug-likeness (QED) is 0.393. The van der Waals surface area contributed by atoms with Gasteiger partial charge in [0.15, 0.2) is 0 Å². The van der Waals surface area contributed by atoms with Crippen LogP contribution in [0.25, 0.3) is 11.4 Å². The Morgan fingerprint density at radius 2 is 1.94 bits per heavy atom. The molecule has 0 N–H and O–H groups in total. The molecule has 7 nitrogen and oxygen atoms in total. The molecular formula is C26H37ClN4O3. The second-order valence-electron chi connectivity index (χ2n) is 9.07. The van der Waals surface area contributed by atoms with Crippen LogP contribution in [-0.4, -0.2) is 51.4 Å². The van der Waals surface area contributed by atoms with Crippen LogP contribution in [0.15, 0.2) is 28.8 Å². The molecule has 0 spiro atoms. The lowest BCUT2D eigenvalue weighted by molar-refractivity contribution is -0.145. The maximum atomic E-state index is 13.4. The van der Waals surface area contributed by atoms with Gasteiger partial charge in [-0.15, -0.1) is 0 Å². The fourth-order valence-electron chi connectivity index (χ4n) is 4.58. The van der Waals surface area contributed by atoms with E-state index >= 15 is 0 Å². The zero-order valence-corrected chi connectivity index (χ0v) is 21.4. The minimum absolute atomic E-state index is 0.0191. The third kappa shape index (κ3) is 6.59. The summed E-state index contributed by atoms with van der Waals surface area (Å²) >= 11 is 5.98. The second-order valence-corrected chi connectivity index (χ2v) is 9.51. The first-order valence-electron chi connectivity index (χ1n) is 12.7. The van der Waals surface area contributed by atoms with Crippen molar-refractivity contribution in [3.05, 3.63) is 35.2 Å². The van der Waals surface area contributed by atoms with Crippen LogP contribution in [-0.2, 0) is 9.59 Å². The molecule has 0 aliphatic carbocycles. The molecule has 2 amide bonds. The predicted molar refractivity (Wildman–Crippen MR) is 133 cm³/mol. The number of rotatable bonds is 11. The van der Waals surface area contributed by atoms with Gasteiger partial charge in [-0.25, -0.2) is 0 Å². The molecule has 34 heavy (non-hydrogen) atoms. The van der Waals surface area contributed by atoms with Crippen molar-refractivity contribution in [1.82, 2.24) is 19.9 Å². The number of carbonyl (C=O) groups is 2. The smallest absolute Gasteiger partial charge is 0.249 e. The van der Waals surface area contributed by atoms with E-state index in [1.54, 1.807) is 17.0 Å². The van der Waals surface area contributed by atoms with Crippen molar-refractivity contribution in [1.29, 1.82) is 0 Å². The number of halogens is 1. The summed E-state index contributed by atoms with van der Waals surface area (Å²) in [5.41, 5.74) is 0.811. The normalized spacial score (nSPS) is 16.9. The Kier molecular flexibility index (Phi) is 9.93. The van der Waals surface area contributed by atoms with Gasteiger partial charge >= 0.3 is 0 Å². The SMILES string of the molecule is CCCCC(CC)C(=O)N(CCC)CC(=O)N1CCCCC1c1nc(-c2ccc(Cl)cc2)no1. The summed E-state index contributed by atoms with van der Waals surface area (Å²) < 4.78 is 5.60. The molecule has 0 radical (unpaired) electrons. The molecule has 1 aliphatic heterocycles. The van der Waals surface area contributed by atoms with Crippen LogP contribution in [0.1, 0.15) is 84.1 Å². The lowest BCUT2D eigenvalue weighted by Gasteiger charge is -2.35. The summed E-state index contributed by atoms with van der Waals surface area (Å²) in [5, 5.41) is 4.78. The third-order valence-electron chi connectivity index (χ3n) is 6.53. The zero-order valence-electron chi connectivity index (χ0n) is 20.6. The Balaban J connectivity index is 1.74. The summed E-state index contributed by atoms with van der Waals surface area (Å²) in [6, 6.07) is 6.99. The molecule has 2 heterocycles. The molecule has 8 heteroatoms. The molecule has 2 aromatic rings. The van der Waals surface area contributed by atoms with Crippen LogP contribution in [0.4, 0.5) is 0 Å². The molecule has 2 atom stereocenters. The Labute approximate surface area is 207 Å². The van der Waals surface area contributed by atoms with Crippen LogP contribution < -0.4 is 0 Å². The Morgan fingerprint density at radius 3 is 2.62 bits per heavy atom. The van der Waals surface area contributed by atoms with E-state index in [0.29, 0.717) is 29.8 Å². The number of hydrogen-bond acceptors (Lipinski definition) is 5. The number of likely N-dealkylation sites (tertiary alicyclic amines) is 1. The average Bonchev–Trinajstić information content (AvgIpc) is 3.34. The van der Waals surface area contributed by atoms with E-state index in [-0.39, 0.29) is 30.3 Å². The number of carbonyl (C=O) groups excluding carboxylic acids is 2. The highest BCUT2D eigenvalue weighted by atomic mass is 35.5. The molecule has 1 fully saturated rings. The van der Waals surface area contributed by atoms with E-state index in [9.17, 15) is 9.59 Å². The van der Waals surface area contributed by atoms with Crippen LogP contribution in [0.3, 0.4) is 0 Å². The zero-order chi connectivity index (χ0) is 24.5. The summed E-state index contributed by atoms with van der Waals surface area (Å²) in [4.78, 5) is 34.8. The van der Waals surface area contributed by atoms with Crippen molar-refractivity contribution in [3.63, 3.8) is 0 Å². The van der Waals surface area contributed by atoms with E-state index in [1.807, 2.05) is 24.0 Å². The van der Waals surface area contributed by atoms with E-state index in [0.717, 1.165) is 56.9 Å². The average molecular weight is 489 g/mol. The minimum Gasteiger partial charge on any atom is -0.337 e. The van der Waals surface area contributed by atoms with Crippen LogP contribution in [0.2, 0.25) is 5.02 Å². The molecule has 0 saturated carbocycles. The second kappa shape index (κ2) is 12.9. The van der Waals surface area contributed by atoms with Gasteiger partial charge in [-0.3, -0.25) is 9.59 Å². The number of hydrogen-bond donors (Lipinski definition) is 0. The van der Waals surface area contributed by atoms with Crippen LogP contribution in [0, 0.1) is 5.92 Å². The van der Waals surface area contributed by atoms with E-state index in [2.05, 4.69) is 24.0 Å². The van der Waals surface area contributed by atoms with Crippen molar-refractivity contribution >= 4 is 23.4 Å². The number of aromatic nitrogens is 2. The van der Waals surface area contributed by atoms with Crippen molar-refractivity contribution in [2.24, 2.45) is 5.92 Å². The number of nitrogens with zero attached hydrogens (tertiary/aromatic N) is 4. The Bertz CT molecular complexity index is 930. The summed E-state index contributed by atoms with van der Waals surface area (Å²) in [6.07, 6.45) is 7.27. The third-order valence-corrected chi connectivity index (χ3v) is 6.78. The minimum atomic E-state index is -0.268. The lowest BCUT2D eigenvalue weighted by Crippen LogP contribution is -2.47. The number of unbranched alkanes of at least 4 members (excludes halogenated alkanes) is 1. The van der Waals surface area contributed by atoms with Crippen molar-refractivity contribution in [3.8, 4) is 11.4 Å². The van der Waals surface area contributed by atoms with E-state index in [1.165, 1.54) is 0 Å². The van der Waals surface area contributed by atoms with Crippen LogP contribution >= 0.6 is 11.6 Å². The summed E-state index contributed by atoms with van der Waals surface area (Å²) in [7, 11) is 0. The molecular weight excluding hydrogens is 452 g/mol. The van der Waals surface area contributed by atoms with Gasteiger partial charge in [0.25, 0.3) is 0 Å². The Hall–Kier alpha value is -2.41. The fraction of sp³-hybridized carbons (Fsp3) is 0.615. The molecule has 1 saturated heterocycles. The van der Waals surface area contributed by atoms with Crippen molar-refractivity contribution < 1.29 is 14.1 Å². The predicted octanol–water partition coefficient (Wildman–Crippen LogP) is 5.90. The van der Waals surface area contributed by atoms with Crippen LogP contribution in [0.5, 0.6) is 0 Å². The van der Waals surface area contributed by atoms with Gasteiger partial charge in [0.2, 0.25) is 23.5 Å². The number of benzene rings is 1. The molecule has 2 unspecified atom stereocenters. The van der Waals surface area contributed by atoms with Gasteiger partial charge in [-0.1, -0.05) is 50.4 Å². The molecule has 1 aromatic carbocycles. The first-order valence-corrected chi connectivity index (χ1v) is 13.0. The number of piperidine rings is 1. The monoisotopic (exact) mass is 488 g/mol. The largest absolute Gasteiger partial charge is 0.337 e. The summed E-state index contributed by atoms with van der Waals surface area (Å²) in [5.74, 6) is 0.954. The summed E-state index contributed by atoms with van der Waals surface area (Å²) in [6.45, 7) is 7.55. The van der Waals surface area contributed by atoms with Gasteiger partial charge < -0.3 is 14.3 Å². The fourth-order valence-corrected chi connectivity index (χ4v) is 4.70. The lowest BCUT2D eigenvalue weighted by atomic mass is 9.97.